The maximum absolute atomic E-state index is 12.0. The second-order valence-corrected chi connectivity index (χ2v) is 4.91. The monoisotopic (exact) mass is 330 g/mol. The lowest BCUT2D eigenvalue weighted by Crippen LogP contribution is -2.13. The summed E-state index contributed by atoms with van der Waals surface area (Å²) in [5.41, 5.74) is 0.587. The van der Waals surface area contributed by atoms with Crippen molar-refractivity contribution in [2.75, 3.05) is 5.32 Å². The molecule has 20 heavy (non-hydrogen) atoms. The highest BCUT2D eigenvalue weighted by Crippen LogP contribution is 2.22. The van der Waals surface area contributed by atoms with Gasteiger partial charge in [0.15, 0.2) is 0 Å². The summed E-state index contributed by atoms with van der Waals surface area (Å²) in [6.07, 6.45) is 1.42. The summed E-state index contributed by atoms with van der Waals surface area (Å²) in [5.74, 6) is 0.717. The van der Waals surface area contributed by atoms with Gasteiger partial charge in [-0.25, -0.2) is 0 Å². The lowest BCUT2D eigenvalue weighted by Gasteiger charge is -2.05. The molecule has 0 bridgehead atoms. The van der Waals surface area contributed by atoms with Gasteiger partial charge in [-0.2, -0.15) is 5.26 Å². The van der Waals surface area contributed by atoms with Gasteiger partial charge in [0.25, 0.3) is 5.91 Å². The predicted molar refractivity (Wildman–Crippen MR) is 79.8 cm³/mol. The van der Waals surface area contributed by atoms with Gasteiger partial charge < -0.3 is 9.73 Å². The second-order valence-electron chi connectivity index (χ2n) is 4.05. The summed E-state index contributed by atoms with van der Waals surface area (Å²) in [5, 5.41) is 11.7. The number of rotatable bonds is 3. The van der Waals surface area contributed by atoms with Crippen molar-refractivity contribution in [2.24, 2.45) is 0 Å². The summed E-state index contributed by atoms with van der Waals surface area (Å²) in [6.45, 7) is 1.80. The number of amides is 1. The van der Waals surface area contributed by atoms with Crippen LogP contribution in [0.1, 0.15) is 11.5 Å². The molecule has 0 fully saturated rings. The SMILES string of the molecule is Cc1ccc(/C=C(/C#N)C(=O)Nc2ccccc2Br)o1. The number of carbonyl (C=O) groups excluding carboxylic acids is 1. The number of nitriles is 1. The van der Waals surface area contributed by atoms with Crippen molar-refractivity contribution in [1.82, 2.24) is 0 Å². The molecule has 0 aliphatic heterocycles. The standard InChI is InChI=1S/C15H11BrN2O2/c1-10-6-7-12(20-10)8-11(9-17)15(19)18-14-5-3-2-4-13(14)16/h2-8H,1H3,(H,18,19)/b11-8-. The minimum absolute atomic E-state index is 0.0184. The minimum atomic E-state index is -0.478. The van der Waals surface area contributed by atoms with Crippen LogP contribution in [0.2, 0.25) is 0 Å². The Bertz CT molecular complexity index is 711. The number of hydrogen-bond donors (Lipinski definition) is 1. The zero-order chi connectivity index (χ0) is 14.5. The number of carbonyl (C=O) groups is 1. The van der Waals surface area contributed by atoms with Crippen LogP contribution in [0.5, 0.6) is 0 Å². The van der Waals surface area contributed by atoms with Crippen LogP contribution < -0.4 is 5.32 Å². The first kappa shape index (κ1) is 14.1. The molecule has 0 unspecified atom stereocenters. The number of furan rings is 1. The molecule has 0 saturated carbocycles. The fourth-order valence-corrected chi connectivity index (χ4v) is 1.96. The van der Waals surface area contributed by atoms with Crippen LogP contribution >= 0.6 is 15.9 Å². The van der Waals surface area contributed by atoms with E-state index in [1.165, 1.54) is 6.08 Å². The number of nitrogens with one attached hydrogen (secondary N) is 1. The third kappa shape index (κ3) is 3.37. The lowest BCUT2D eigenvalue weighted by molar-refractivity contribution is -0.112. The van der Waals surface area contributed by atoms with E-state index in [9.17, 15) is 4.79 Å². The molecule has 0 saturated heterocycles. The Morgan fingerprint density at radius 1 is 1.35 bits per heavy atom. The van der Waals surface area contributed by atoms with E-state index in [0.717, 1.165) is 10.2 Å². The zero-order valence-corrected chi connectivity index (χ0v) is 12.3. The van der Waals surface area contributed by atoms with Crippen molar-refractivity contribution in [2.45, 2.75) is 6.92 Å². The largest absolute Gasteiger partial charge is 0.462 e. The highest BCUT2D eigenvalue weighted by molar-refractivity contribution is 9.10. The average Bonchev–Trinajstić information content (AvgIpc) is 2.84. The van der Waals surface area contributed by atoms with Crippen LogP contribution in [0.3, 0.4) is 0 Å². The number of nitrogens with zero attached hydrogens (tertiary/aromatic N) is 1. The van der Waals surface area contributed by atoms with Gasteiger partial charge in [0, 0.05) is 10.5 Å². The Hall–Kier alpha value is -2.32. The van der Waals surface area contributed by atoms with Crippen LogP contribution in [0.15, 0.2) is 50.9 Å². The average molecular weight is 331 g/mol. The zero-order valence-electron chi connectivity index (χ0n) is 10.7. The van der Waals surface area contributed by atoms with Crippen LogP contribution in [0, 0.1) is 18.3 Å². The Kier molecular flexibility index (Phi) is 4.38. The molecule has 1 aromatic carbocycles. The van der Waals surface area contributed by atoms with Gasteiger partial charge in [-0.05, 0) is 47.1 Å². The van der Waals surface area contributed by atoms with Crippen molar-refractivity contribution in [1.29, 1.82) is 5.26 Å². The van der Waals surface area contributed by atoms with Gasteiger partial charge in [-0.15, -0.1) is 0 Å². The molecule has 0 radical (unpaired) electrons. The van der Waals surface area contributed by atoms with Gasteiger partial charge in [-0.3, -0.25) is 4.79 Å². The molecule has 0 atom stereocenters. The van der Waals surface area contributed by atoms with E-state index in [1.54, 1.807) is 37.3 Å². The van der Waals surface area contributed by atoms with Crippen molar-refractivity contribution in [3.05, 3.63) is 58.0 Å². The number of hydrogen-bond acceptors (Lipinski definition) is 3. The van der Waals surface area contributed by atoms with Crippen LogP contribution in [-0.2, 0) is 4.79 Å². The van der Waals surface area contributed by atoms with Crippen molar-refractivity contribution < 1.29 is 9.21 Å². The van der Waals surface area contributed by atoms with Crippen LogP contribution in [-0.4, -0.2) is 5.91 Å². The highest BCUT2D eigenvalue weighted by atomic mass is 79.9. The number of anilines is 1. The van der Waals surface area contributed by atoms with Crippen molar-refractivity contribution in [3.63, 3.8) is 0 Å². The van der Waals surface area contributed by atoms with E-state index < -0.39 is 5.91 Å². The summed E-state index contributed by atoms with van der Waals surface area (Å²) >= 11 is 3.33. The van der Waals surface area contributed by atoms with Crippen LogP contribution in [0.4, 0.5) is 5.69 Å². The maximum Gasteiger partial charge on any atom is 0.266 e. The molecule has 2 rings (SSSR count). The Labute approximate surface area is 124 Å². The van der Waals surface area contributed by atoms with Gasteiger partial charge >= 0.3 is 0 Å². The molecule has 1 N–H and O–H groups in total. The van der Waals surface area contributed by atoms with Gasteiger partial charge in [0.1, 0.15) is 23.2 Å². The quantitative estimate of drug-likeness (QED) is 0.685. The first-order valence-corrected chi connectivity index (χ1v) is 6.63. The maximum atomic E-state index is 12.0. The Morgan fingerprint density at radius 2 is 2.10 bits per heavy atom. The summed E-state index contributed by atoms with van der Waals surface area (Å²) in [6, 6.07) is 12.5. The van der Waals surface area contributed by atoms with Gasteiger partial charge in [-0.1, -0.05) is 12.1 Å². The highest BCUT2D eigenvalue weighted by Gasteiger charge is 2.11. The fraction of sp³-hybridized carbons (Fsp3) is 0.0667. The first-order valence-electron chi connectivity index (χ1n) is 5.84. The normalized spacial score (nSPS) is 10.9. The summed E-state index contributed by atoms with van der Waals surface area (Å²) < 4.78 is 6.07. The van der Waals surface area contributed by atoms with E-state index >= 15 is 0 Å². The second kappa shape index (κ2) is 6.22. The minimum Gasteiger partial charge on any atom is -0.462 e. The summed E-state index contributed by atoms with van der Waals surface area (Å²) in [4.78, 5) is 12.0. The number of para-hydroxylation sites is 1. The van der Waals surface area contributed by atoms with E-state index in [1.807, 2.05) is 12.1 Å². The molecule has 0 spiro atoms. The van der Waals surface area contributed by atoms with Crippen molar-refractivity contribution in [3.8, 4) is 6.07 Å². The van der Waals surface area contributed by atoms with Crippen molar-refractivity contribution >= 4 is 33.6 Å². The molecule has 1 aromatic heterocycles. The lowest BCUT2D eigenvalue weighted by atomic mass is 10.2. The molecule has 5 heteroatoms. The first-order chi connectivity index (χ1) is 9.60. The number of benzene rings is 1. The molecular formula is C15H11BrN2O2. The van der Waals surface area contributed by atoms with Gasteiger partial charge in [0.2, 0.25) is 0 Å². The van der Waals surface area contributed by atoms with Crippen LogP contribution in [0.25, 0.3) is 6.08 Å². The molecule has 1 amide bonds. The summed E-state index contributed by atoms with van der Waals surface area (Å²) in [7, 11) is 0. The third-order valence-electron chi connectivity index (χ3n) is 2.53. The smallest absolute Gasteiger partial charge is 0.266 e. The molecule has 1 heterocycles. The predicted octanol–water partition coefficient (Wildman–Crippen LogP) is 3.90. The fourth-order valence-electron chi connectivity index (χ4n) is 1.57. The molecule has 100 valence electrons. The van der Waals surface area contributed by atoms with E-state index in [0.29, 0.717) is 11.4 Å². The number of aryl methyl sites for hydroxylation is 1. The number of halogens is 1. The van der Waals surface area contributed by atoms with E-state index in [2.05, 4.69) is 21.2 Å². The molecule has 2 aromatic rings. The topological polar surface area (TPSA) is 66.0 Å². The Morgan fingerprint density at radius 3 is 2.70 bits per heavy atom. The molecule has 4 nitrogen and oxygen atoms in total. The Balaban J connectivity index is 2.21. The van der Waals surface area contributed by atoms with Gasteiger partial charge in [0.05, 0.1) is 5.69 Å². The molecule has 0 aliphatic carbocycles. The molecular weight excluding hydrogens is 320 g/mol. The van der Waals surface area contributed by atoms with E-state index in [-0.39, 0.29) is 5.57 Å². The molecule has 0 aliphatic rings. The van der Waals surface area contributed by atoms with E-state index in [4.69, 9.17) is 9.68 Å². The third-order valence-corrected chi connectivity index (χ3v) is 3.23.